The molecular formula is C19H21BrClN5. The topological polar surface area (TPSA) is 46.0 Å². The Kier molecular flexibility index (Phi) is 5.96. The van der Waals surface area contributed by atoms with E-state index in [9.17, 15) is 0 Å². The predicted molar refractivity (Wildman–Crippen MR) is 110 cm³/mol. The van der Waals surface area contributed by atoms with Crippen LogP contribution in [0.1, 0.15) is 16.8 Å². The van der Waals surface area contributed by atoms with Gasteiger partial charge in [0, 0.05) is 29.8 Å². The molecular weight excluding hydrogens is 414 g/mol. The molecule has 136 valence electrons. The van der Waals surface area contributed by atoms with Crippen LogP contribution in [0, 0.1) is 0 Å². The van der Waals surface area contributed by atoms with E-state index < -0.39 is 0 Å². The van der Waals surface area contributed by atoms with Gasteiger partial charge in [-0.2, -0.15) is 0 Å². The Morgan fingerprint density at radius 2 is 2.04 bits per heavy atom. The van der Waals surface area contributed by atoms with Crippen molar-refractivity contribution in [2.45, 2.75) is 19.5 Å². The average molecular weight is 435 g/mol. The van der Waals surface area contributed by atoms with Gasteiger partial charge in [0.15, 0.2) is 0 Å². The second-order valence-electron chi connectivity index (χ2n) is 6.43. The molecule has 0 radical (unpaired) electrons. The van der Waals surface area contributed by atoms with E-state index in [1.165, 1.54) is 16.8 Å². The van der Waals surface area contributed by atoms with Crippen molar-refractivity contribution < 1.29 is 0 Å². The minimum atomic E-state index is 0. The molecule has 0 saturated carbocycles. The fraction of sp³-hybridized carbons (Fsp3) is 0.263. The number of nitrogens with zero attached hydrogens (tertiary/aromatic N) is 4. The van der Waals surface area contributed by atoms with Gasteiger partial charge in [0.1, 0.15) is 0 Å². The molecule has 1 aliphatic heterocycles. The Morgan fingerprint density at radius 3 is 2.88 bits per heavy atom. The third-order valence-electron chi connectivity index (χ3n) is 4.42. The highest BCUT2D eigenvalue weighted by Gasteiger charge is 2.15. The minimum absolute atomic E-state index is 0. The van der Waals surface area contributed by atoms with Crippen molar-refractivity contribution in [1.82, 2.24) is 19.9 Å². The maximum Gasteiger partial charge on any atom is 0.0971 e. The van der Waals surface area contributed by atoms with Crippen LogP contribution in [0.4, 0.5) is 5.69 Å². The number of para-hydroxylation sites is 1. The van der Waals surface area contributed by atoms with E-state index in [2.05, 4.69) is 61.7 Å². The molecule has 2 aromatic carbocycles. The zero-order valence-corrected chi connectivity index (χ0v) is 16.9. The lowest BCUT2D eigenvalue weighted by molar-refractivity contribution is 0.315. The molecule has 0 unspecified atom stereocenters. The highest BCUT2D eigenvalue weighted by molar-refractivity contribution is 9.10. The molecule has 2 heterocycles. The van der Waals surface area contributed by atoms with Crippen LogP contribution < -0.4 is 5.32 Å². The molecule has 7 heteroatoms. The lowest BCUT2D eigenvalue weighted by Crippen LogP contribution is -2.18. The van der Waals surface area contributed by atoms with E-state index in [0.717, 1.165) is 41.9 Å². The first-order chi connectivity index (χ1) is 12.2. The zero-order chi connectivity index (χ0) is 17.2. The number of hydrogen-bond donors (Lipinski definition) is 1. The molecule has 1 aromatic heterocycles. The van der Waals surface area contributed by atoms with Gasteiger partial charge in [-0.05, 0) is 42.8 Å². The van der Waals surface area contributed by atoms with Crippen molar-refractivity contribution in [3.05, 3.63) is 70.0 Å². The summed E-state index contributed by atoms with van der Waals surface area (Å²) in [6, 6.07) is 14.6. The van der Waals surface area contributed by atoms with Crippen LogP contribution >= 0.6 is 28.3 Å². The first kappa shape index (κ1) is 18.9. The summed E-state index contributed by atoms with van der Waals surface area (Å²) in [6.45, 7) is 2.69. The summed E-state index contributed by atoms with van der Waals surface area (Å²) in [7, 11) is 2.12. The van der Waals surface area contributed by atoms with Gasteiger partial charge in [0.25, 0.3) is 0 Å². The van der Waals surface area contributed by atoms with Crippen molar-refractivity contribution in [3.8, 4) is 5.69 Å². The van der Waals surface area contributed by atoms with Crippen LogP contribution in [-0.4, -0.2) is 33.5 Å². The monoisotopic (exact) mass is 433 g/mol. The second kappa shape index (κ2) is 8.20. The molecule has 1 N–H and O–H groups in total. The minimum Gasteiger partial charge on any atom is -0.384 e. The van der Waals surface area contributed by atoms with Crippen molar-refractivity contribution >= 4 is 34.0 Å². The third-order valence-corrected chi connectivity index (χ3v) is 4.91. The molecule has 0 spiro atoms. The standard InChI is InChI=1S/C19H20BrN5.ClH/c1-24(11-15-5-2-4-14-8-9-21-19(14)15)12-17-13-25(23-22-17)18-7-3-6-16(20)10-18;/h2-7,10,13,21H,8-9,11-12H2,1H3;1H. The molecule has 0 atom stereocenters. The molecule has 3 aromatic rings. The van der Waals surface area contributed by atoms with Gasteiger partial charge in [-0.15, -0.1) is 17.5 Å². The second-order valence-corrected chi connectivity index (χ2v) is 7.35. The van der Waals surface area contributed by atoms with Gasteiger partial charge in [-0.1, -0.05) is 45.4 Å². The van der Waals surface area contributed by atoms with Crippen LogP contribution in [0.2, 0.25) is 0 Å². The molecule has 1 aliphatic rings. The highest BCUT2D eigenvalue weighted by atomic mass is 79.9. The lowest BCUT2D eigenvalue weighted by Gasteiger charge is -2.17. The van der Waals surface area contributed by atoms with Gasteiger partial charge in [0.2, 0.25) is 0 Å². The van der Waals surface area contributed by atoms with Gasteiger partial charge in [0.05, 0.1) is 17.6 Å². The maximum absolute atomic E-state index is 4.32. The van der Waals surface area contributed by atoms with E-state index in [1.54, 1.807) is 0 Å². The third kappa shape index (κ3) is 4.09. The summed E-state index contributed by atoms with van der Waals surface area (Å²) in [5.41, 5.74) is 6.04. The number of hydrogen-bond acceptors (Lipinski definition) is 4. The van der Waals surface area contributed by atoms with Crippen molar-refractivity contribution in [1.29, 1.82) is 0 Å². The number of anilines is 1. The van der Waals surface area contributed by atoms with E-state index in [4.69, 9.17) is 0 Å². The average Bonchev–Trinajstić information content (AvgIpc) is 3.24. The Balaban J connectivity index is 0.00000196. The number of rotatable bonds is 5. The Morgan fingerprint density at radius 1 is 1.19 bits per heavy atom. The number of nitrogens with one attached hydrogen (secondary N) is 1. The first-order valence-corrected chi connectivity index (χ1v) is 9.19. The summed E-state index contributed by atoms with van der Waals surface area (Å²) < 4.78 is 2.85. The molecule has 5 nitrogen and oxygen atoms in total. The number of halogens is 2. The van der Waals surface area contributed by atoms with Gasteiger partial charge in [-0.25, -0.2) is 4.68 Å². The van der Waals surface area contributed by atoms with Gasteiger partial charge < -0.3 is 5.32 Å². The van der Waals surface area contributed by atoms with Crippen LogP contribution in [0.3, 0.4) is 0 Å². The SMILES string of the molecule is CN(Cc1cn(-c2cccc(Br)c2)nn1)Cc1cccc2c1NCC2.Cl. The summed E-state index contributed by atoms with van der Waals surface area (Å²) in [5.74, 6) is 0. The Hall–Kier alpha value is -1.89. The van der Waals surface area contributed by atoms with Crippen LogP contribution in [0.25, 0.3) is 5.69 Å². The molecule has 0 aliphatic carbocycles. The van der Waals surface area contributed by atoms with Crippen molar-refractivity contribution in [2.24, 2.45) is 0 Å². The predicted octanol–water partition coefficient (Wildman–Crippen LogP) is 4.05. The van der Waals surface area contributed by atoms with E-state index in [1.807, 2.05) is 35.1 Å². The molecule has 0 bridgehead atoms. The molecule has 0 saturated heterocycles. The highest BCUT2D eigenvalue weighted by Crippen LogP contribution is 2.27. The summed E-state index contributed by atoms with van der Waals surface area (Å²) >= 11 is 3.49. The number of benzene rings is 2. The largest absolute Gasteiger partial charge is 0.384 e. The first-order valence-electron chi connectivity index (χ1n) is 8.39. The summed E-state index contributed by atoms with van der Waals surface area (Å²) in [5, 5.41) is 12.1. The fourth-order valence-electron chi connectivity index (χ4n) is 3.28. The quantitative estimate of drug-likeness (QED) is 0.658. The molecule has 26 heavy (non-hydrogen) atoms. The lowest BCUT2D eigenvalue weighted by atomic mass is 10.1. The number of fused-ring (bicyclic) bond motifs is 1. The number of aromatic nitrogens is 3. The van der Waals surface area contributed by atoms with E-state index >= 15 is 0 Å². The fourth-order valence-corrected chi connectivity index (χ4v) is 3.67. The molecule has 4 rings (SSSR count). The zero-order valence-electron chi connectivity index (χ0n) is 14.5. The Bertz CT molecular complexity index is 895. The van der Waals surface area contributed by atoms with Crippen LogP contribution in [0.15, 0.2) is 53.1 Å². The van der Waals surface area contributed by atoms with E-state index in [0.29, 0.717) is 0 Å². The van der Waals surface area contributed by atoms with Gasteiger partial charge >= 0.3 is 0 Å². The normalized spacial score (nSPS) is 12.6. The van der Waals surface area contributed by atoms with Crippen molar-refractivity contribution in [2.75, 3.05) is 18.9 Å². The smallest absolute Gasteiger partial charge is 0.0971 e. The molecule has 0 amide bonds. The summed E-state index contributed by atoms with van der Waals surface area (Å²) in [6.07, 6.45) is 3.11. The Labute approximate surface area is 167 Å². The van der Waals surface area contributed by atoms with Crippen LogP contribution in [0.5, 0.6) is 0 Å². The van der Waals surface area contributed by atoms with Crippen LogP contribution in [-0.2, 0) is 19.5 Å². The van der Waals surface area contributed by atoms with E-state index in [-0.39, 0.29) is 12.4 Å². The maximum atomic E-state index is 4.32. The van der Waals surface area contributed by atoms with Crippen molar-refractivity contribution in [3.63, 3.8) is 0 Å². The van der Waals surface area contributed by atoms with Gasteiger partial charge in [-0.3, -0.25) is 4.90 Å². The molecule has 0 fully saturated rings. The summed E-state index contributed by atoms with van der Waals surface area (Å²) in [4.78, 5) is 2.27.